The summed E-state index contributed by atoms with van der Waals surface area (Å²) in [6.07, 6.45) is 0.264. The van der Waals surface area contributed by atoms with Crippen molar-refractivity contribution >= 4 is 29.1 Å². The van der Waals surface area contributed by atoms with E-state index in [1.165, 1.54) is 0 Å². The molecule has 2 aromatic rings. The molecule has 4 nitrogen and oxygen atoms in total. The van der Waals surface area contributed by atoms with Gasteiger partial charge < -0.3 is 10.6 Å². The van der Waals surface area contributed by atoms with E-state index in [9.17, 15) is 9.59 Å². The Morgan fingerprint density at radius 1 is 1.00 bits per heavy atom. The van der Waals surface area contributed by atoms with E-state index in [0.717, 1.165) is 16.7 Å². The third-order valence-corrected chi connectivity index (χ3v) is 3.76. The number of benzene rings is 2. The lowest BCUT2D eigenvalue weighted by Crippen LogP contribution is -2.34. The first-order chi connectivity index (χ1) is 11.0. The van der Waals surface area contributed by atoms with E-state index in [4.69, 9.17) is 11.6 Å². The SMILES string of the molecule is Cc1ccccc1CC(=O)NCC(=O)Nc1ccc(Cl)cc1C. The molecule has 0 aliphatic rings. The number of nitrogens with one attached hydrogen (secondary N) is 2. The first kappa shape index (κ1) is 17.0. The Morgan fingerprint density at radius 3 is 2.43 bits per heavy atom. The highest BCUT2D eigenvalue weighted by Crippen LogP contribution is 2.19. The van der Waals surface area contributed by atoms with Crippen LogP contribution in [-0.4, -0.2) is 18.4 Å². The minimum absolute atomic E-state index is 0.0627. The molecule has 0 aromatic heterocycles. The van der Waals surface area contributed by atoms with E-state index < -0.39 is 0 Å². The van der Waals surface area contributed by atoms with Gasteiger partial charge in [-0.25, -0.2) is 0 Å². The molecule has 2 rings (SSSR count). The molecule has 0 aliphatic heterocycles. The summed E-state index contributed by atoms with van der Waals surface area (Å²) < 4.78 is 0. The van der Waals surface area contributed by atoms with Gasteiger partial charge in [-0.1, -0.05) is 35.9 Å². The van der Waals surface area contributed by atoms with E-state index >= 15 is 0 Å². The molecule has 0 fully saturated rings. The number of anilines is 1. The minimum Gasteiger partial charge on any atom is -0.347 e. The minimum atomic E-state index is -0.270. The van der Waals surface area contributed by atoms with Gasteiger partial charge in [0, 0.05) is 10.7 Å². The fourth-order valence-corrected chi connectivity index (χ4v) is 2.41. The Morgan fingerprint density at radius 2 is 1.74 bits per heavy atom. The van der Waals surface area contributed by atoms with Crippen LogP contribution < -0.4 is 10.6 Å². The van der Waals surface area contributed by atoms with Crippen LogP contribution in [0.1, 0.15) is 16.7 Å². The highest BCUT2D eigenvalue weighted by molar-refractivity contribution is 6.30. The van der Waals surface area contributed by atoms with Gasteiger partial charge in [0.15, 0.2) is 0 Å². The zero-order chi connectivity index (χ0) is 16.8. The van der Waals surface area contributed by atoms with Crippen molar-refractivity contribution in [3.8, 4) is 0 Å². The monoisotopic (exact) mass is 330 g/mol. The summed E-state index contributed by atoms with van der Waals surface area (Å²) in [6, 6.07) is 12.9. The molecule has 0 bridgehead atoms. The quantitative estimate of drug-likeness (QED) is 0.884. The normalized spacial score (nSPS) is 10.2. The third kappa shape index (κ3) is 5.11. The highest BCUT2D eigenvalue weighted by atomic mass is 35.5. The molecule has 0 radical (unpaired) electrons. The summed E-state index contributed by atoms with van der Waals surface area (Å²) in [5, 5.41) is 6.01. The first-order valence-electron chi connectivity index (χ1n) is 7.33. The summed E-state index contributed by atoms with van der Waals surface area (Å²) in [6.45, 7) is 3.75. The van der Waals surface area contributed by atoms with Crippen molar-refractivity contribution in [2.75, 3.05) is 11.9 Å². The second kappa shape index (κ2) is 7.79. The van der Waals surface area contributed by atoms with Crippen molar-refractivity contribution in [3.63, 3.8) is 0 Å². The Hall–Kier alpha value is -2.33. The van der Waals surface area contributed by atoms with Crippen molar-refractivity contribution in [2.45, 2.75) is 20.3 Å². The van der Waals surface area contributed by atoms with E-state index in [-0.39, 0.29) is 24.8 Å². The fraction of sp³-hybridized carbons (Fsp3) is 0.222. The molecule has 120 valence electrons. The van der Waals surface area contributed by atoms with Crippen LogP contribution in [0, 0.1) is 13.8 Å². The number of carbonyl (C=O) groups is 2. The van der Waals surface area contributed by atoms with E-state index in [1.54, 1.807) is 18.2 Å². The molecule has 0 atom stereocenters. The van der Waals surface area contributed by atoms with Crippen LogP contribution in [0.2, 0.25) is 5.02 Å². The number of carbonyl (C=O) groups excluding carboxylic acids is 2. The van der Waals surface area contributed by atoms with Crippen LogP contribution in [-0.2, 0) is 16.0 Å². The summed E-state index contributed by atoms with van der Waals surface area (Å²) >= 11 is 5.88. The molecule has 0 saturated carbocycles. The topological polar surface area (TPSA) is 58.2 Å². The third-order valence-electron chi connectivity index (χ3n) is 3.52. The molecule has 0 aliphatic carbocycles. The molecule has 0 saturated heterocycles. The maximum absolute atomic E-state index is 11.9. The molecule has 2 N–H and O–H groups in total. The van der Waals surface area contributed by atoms with Gasteiger partial charge in [0.25, 0.3) is 0 Å². The van der Waals surface area contributed by atoms with Gasteiger partial charge in [-0.3, -0.25) is 9.59 Å². The molecule has 0 unspecified atom stereocenters. The average Bonchev–Trinajstić information content (AvgIpc) is 2.50. The zero-order valence-electron chi connectivity index (χ0n) is 13.2. The number of hydrogen-bond acceptors (Lipinski definition) is 2. The van der Waals surface area contributed by atoms with E-state index in [0.29, 0.717) is 10.7 Å². The molecule has 23 heavy (non-hydrogen) atoms. The summed E-state index contributed by atoms with van der Waals surface area (Å²) in [7, 11) is 0. The summed E-state index contributed by atoms with van der Waals surface area (Å²) in [5.41, 5.74) is 3.58. The van der Waals surface area contributed by atoms with Gasteiger partial charge in [0.2, 0.25) is 11.8 Å². The van der Waals surface area contributed by atoms with E-state index in [2.05, 4.69) is 10.6 Å². The van der Waals surface area contributed by atoms with Gasteiger partial charge in [-0.15, -0.1) is 0 Å². The van der Waals surface area contributed by atoms with Crippen LogP contribution in [0.4, 0.5) is 5.69 Å². The van der Waals surface area contributed by atoms with Crippen molar-refractivity contribution in [1.82, 2.24) is 5.32 Å². The van der Waals surface area contributed by atoms with Crippen LogP contribution >= 0.6 is 11.6 Å². The molecule has 0 heterocycles. The average molecular weight is 331 g/mol. The van der Waals surface area contributed by atoms with Crippen LogP contribution in [0.25, 0.3) is 0 Å². The maximum Gasteiger partial charge on any atom is 0.243 e. The number of halogens is 1. The first-order valence-corrected chi connectivity index (χ1v) is 7.70. The van der Waals surface area contributed by atoms with Crippen LogP contribution in [0.15, 0.2) is 42.5 Å². The molecule has 0 spiro atoms. The second-order valence-electron chi connectivity index (χ2n) is 5.39. The maximum atomic E-state index is 11.9. The Kier molecular flexibility index (Phi) is 5.77. The second-order valence-corrected chi connectivity index (χ2v) is 5.82. The molecule has 2 aromatic carbocycles. The largest absolute Gasteiger partial charge is 0.347 e. The van der Waals surface area contributed by atoms with Crippen molar-refractivity contribution in [3.05, 3.63) is 64.2 Å². The van der Waals surface area contributed by atoms with Gasteiger partial charge in [-0.05, 0) is 48.7 Å². The lowest BCUT2D eigenvalue weighted by atomic mass is 10.1. The van der Waals surface area contributed by atoms with Crippen LogP contribution in [0.5, 0.6) is 0 Å². The molecular formula is C18H19ClN2O2. The van der Waals surface area contributed by atoms with Gasteiger partial charge in [0.1, 0.15) is 0 Å². The lowest BCUT2D eigenvalue weighted by molar-refractivity contribution is -0.123. The molecule has 2 amide bonds. The zero-order valence-corrected chi connectivity index (χ0v) is 13.9. The van der Waals surface area contributed by atoms with Crippen LogP contribution in [0.3, 0.4) is 0 Å². The van der Waals surface area contributed by atoms with Crippen molar-refractivity contribution < 1.29 is 9.59 Å². The predicted molar refractivity (Wildman–Crippen MR) is 92.7 cm³/mol. The fourth-order valence-electron chi connectivity index (χ4n) is 2.18. The number of rotatable bonds is 5. The molecular weight excluding hydrogens is 312 g/mol. The number of amides is 2. The predicted octanol–water partition coefficient (Wildman–Crippen LogP) is 3.25. The Bertz CT molecular complexity index is 729. The Balaban J connectivity index is 1.84. The van der Waals surface area contributed by atoms with E-state index in [1.807, 2.05) is 38.1 Å². The molecule has 5 heteroatoms. The standard InChI is InChI=1S/C18H19ClN2O2/c1-12-5-3-4-6-14(12)10-17(22)20-11-18(23)21-16-8-7-15(19)9-13(16)2/h3-9H,10-11H2,1-2H3,(H,20,22)(H,21,23). The van der Waals surface area contributed by atoms with Gasteiger partial charge in [0.05, 0.1) is 13.0 Å². The Labute approximate surface area is 140 Å². The number of aryl methyl sites for hydroxylation is 2. The van der Waals surface area contributed by atoms with Gasteiger partial charge in [-0.2, -0.15) is 0 Å². The smallest absolute Gasteiger partial charge is 0.243 e. The number of hydrogen-bond donors (Lipinski definition) is 2. The van der Waals surface area contributed by atoms with Gasteiger partial charge >= 0.3 is 0 Å². The van der Waals surface area contributed by atoms with Crippen molar-refractivity contribution in [1.29, 1.82) is 0 Å². The van der Waals surface area contributed by atoms with Crippen molar-refractivity contribution in [2.24, 2.45) is 0 Å². The summed E-state index contributed by atoms with van der Waals surface area (Å²) in [4.78, 5) is 23.8. The summed E-state index contributed by atoms with van der Waals surface area (Å²) in [5.74, 6) is -0.448. The lowest BCUT2D eigenvalue weighted by Gasteiger charge is -2.10. The highest BCUT2D eigenvalue weighted by Gasteiger charge is 2.09.